The van der Waals surface area contributed by atoms with Crippen LogP contribution in [0.1, 0.15) is 26.2 Å². The van der Waals surface area contributed by atoms with E-state index in [4.69, 9.17) is 14.2 Å². The van der Waals surface area contributed by atoms with Gasteiger partial charge in [0.15, 0.2) is 5.79 Å². The first kappa shape index (κ1) is 11.9. The SMILES string of the molecule is CCOC(=O)C=C1CC2C3C1CCC3C21OCCO1. The van der Waals surface area contributed by atoms with Crippen LogP contribution in [0.25, 0.3) is 0 Å². The maximum absolute atomic E-state index is 11.7. The molecule has 4 fully saturated rings. The lowest BCUT2D eigenvalue weighted by molar-refractivity contribution is -0.307. The van der Waals surface area contributed by atoms with Gasteiger partial charge in [-0.15, -0.1) is 0 Å². The molecule has 0 N–H and O–H groups in total. The number of carbonyl (C=O) groups excluding carboxylic acids is 1. The zero-order valence-electron chi connectivity index (χ0n) is 11.3. The first-order valence-corrected chi connectivity index (χ1v) is 7.41. The summed E-state index contributed by atoms with van der Waals surface area (Å²) in [7, 11) is 0. The van der Waals surface area contributed by atoms with E-state index < -0.39 is 0 Å². The summed E-state index contributed by atoms with van der Waals surface area (Å²) in [6.07, 6.45) is 5.03. The molecule has 1 heterocycles. The molecule has 0 aromatic heterocycles. The van der Waals surface area contributed by atoms with Gasteiger partial charge < -0.3 is 14.2 Å². The van der Waals surface area contributed by atoms with Gasteiger partial charge in [0.2, 0.25) is 0 Å². The number of ether oxygens (including phenoxy) is 3. The Labute approximate surface area is 113 Å². The highest BCUT2D eigenvalue weighted by molar-refractivity contribution is 5.83. The second kappa shape index (κ2) is 4.06. The predicted molar refractivity (Wildman–Crippen MR) is 67.2 cm³/mol. The Kier molecular flexibility index (Phi) is 2.55. The molecule has 0 amide bonds. The van der Waals surface area contributed by atoms with Gasteiger partial charge in [-0.2, -0.15) is 0 Å². The number of rotatable bonds is 2. The third-order valence-electron chi connectivity index (χ3n) is 5.48. The van der Waals surface area contributed by atoms with Crippen LogP contribution in [0.5, 0.6) is 0 Å². The topological polar surface area (TPSA) is 44.8 Å². The minimum Gasteiger partial charge on any atom is -0.463 e. The van der Waals surface area contributed by atoms with E-state index >= 15 is 0 Å². The minimum absolute atomic E-state index is 0.190. The number of hydrogen-bond acceptors (Lipinski definition) is 4. The standard InChI is InChI=1S/C15H20O4/c1-2-17-13(16)8-9-7-12-14-10(9)3-4-11(14)15(12)18-5-6-19-15/h8,10-12,14H,2-7H2,1H3. The minimum atomic E-state index is -0.302. The molecule has 19 heavy (non-hydrogen) atoms. The molecular formula is C15H20O4. The molecule has 0 bridgehead atoms. The summed E-state index contributed by atoms with van der Waals surface area (Å²) in [5.41, 5.74) is 1.27. The highest BCUT2D eigenvalue weighted by Crippen LogP contribution is 2.70. The maximum Gasteiger partial charge on any atom is 0.330 e. The average molecular weight is 264 g/mol. The summed E-state index contributed by atoms with van der Waals surface area (Å²) in [5, 5.41) is 0. The molecule has 3 saturated carbocycles. The van der Waals surface area contributed by atoms with Crippen LogP contribution >= 0.6 is 0 Å². The van der Waals surface area contributed by atoms with Gasteiger partial charge in [0.05, 0.1) is 19.8 Å². The van der Waals surface area contributed by atoms with Crippen molar-refractivity contribution in [2.75, 3.05) is 19.8 Å². The molecular weight excluding hydrogens is 244 g/mol. The Balaban J connectivity index is 1.59. The molecule has 0 aromatic carbocycles. The van der Waals surface area contributed by atoms with Crippen LogP contribution in [0.4, 0.5) is 0 Å². The van der Waals surface area contributed by atoms with Gasteiger partial charge in [-0.05, 0) is 38.0 Å². The van der Waals surface area contributed by atoms with Crippen LogP contribution in [0.3, 0.4) is 0 Å². The molecule has 4 nitrogen and oxygen atoms in total. The van der Waals surface area contributed by atoms with E-state index in [0.29, 0.717) is 30.3 Å². The van der Waals surface area contributed by atoms with Crippen LogP contribution in [0.2, 0.25) is 0 Å². The van der Waals surface area contributed by atoms with Crippen molar-refractivity contribution in [3.05, 3.63) is 11.6 Å². The van der Waals surface area contributed by atoms with E-state index in [1.807, 2.05) is 6.92 Å². The third kappa shape index (κ3) is 1.44. The largest absolute Gasteiger partial charge is 0.463 e. The molecule has 4 unspecified atom stereocenters. The summed E-state index contributed by atoms with van der Waals surface area (Å²) in [6, 6.07) is 0. The van der Waals surface area contributed by atoms with E-state index in [1.165, 1.54) is 18.4 Å². The zero-order chi connectivity index (χ0) is 13.0. The molecule has 104 valence electrons. The average Bonchev–Trinajstić information content (AvgIpc) is 3.02. The molecule has 0 radical (unpaired) electrons. The highest BCUT2D eigenvalue weighted by Gasteiger charge is 2.72. The Morgan fingerprint density at radius 1 is 1.37 bits per heavy atom. The first-order chi connectivity index (χ1) is 9.26. The normalized spacial score (nSPS) is 43.5. The van der Waals surface area contributed by atoms with E-state index in [1.54, 1.807) is 6.08 Å². The molecule has 4 atom stereocenters. The Hall–Kier alpha value is -0.870. The zero-order valence-corrected chi connectivity index (χ0v) is 11.3. The van der Waals surface area contributed by atoms with Crippen molar-refractivity contribution in [1.29, 1.82) is 0 Å². The van der Waals surface area contributed by atoms with Gasteiger partial charge in [0.25, 0.3) is 0 Å². The molecule has 3 aliphatic carbocycles. The number of carbonyl (C=O) groups is 1. The second-order valence-corrected chi connectivity index (χ2v) is 6.07. The van der Waals surface area contributed by atoms with Gasteiger partial charge in [0, 0.05) is 17.9 Å². The molecule has 4 heteroatoms. The van der Waals surface area contributed by atoms with Crippen molar-refractivity contribution < 1.29 is 19.0 Å². The van der Waals surface area contributed by atoms with E-state index in [0.717, 1.165) is 19.6 Å². The molecule has 4 rings (SSSR count). The Bertz CT molecular complexity index is 435. The van der Waals surface area contributed by atoms with Crippen molar-refractivity contribution in [3.8, 4) is 0 Å². The molecule has 1 saturated heterocycles. The summed E-state index contributed by atoms with van der Waals surface area (Å²) >= 11 is 0. The Morgan fingerprint density at radius 3 is 2.89 bits per heavy atom. The van der Waals surface area contributed by atoms with Gasteiger partial charge in [-0.3, -0.25) is 0 Å². The molecule has 1 aliphatic heterocycles. The summed E-state index contributed by atoms with van der Waals surface area (Å²) < 4.78 is 17.0. The predicted octanol–water partition coefficient (Wildman–Crippen LogP) is 1.89. The highest BCUT2D eigenvalue weighted by atomic mass is 16.7. The van der Waals surface area contributed by atoms with Crippen LogP contribution in [-0.2, 0) is 19.0 Å². The van der Waals surface area contributed by atoms with Crippen LogP contribution in [0, 0.1) is 23.7 Å². The van der Waals surface area contributed by atoms with Crippen LogP contribution < -0.4 is 0 Å². The lowest BCUT2D eigenvalue weighted by Crippen LogP contribution is -2.60. The van der Waals surface area contributed by atoms with E-state index in [-0.39, 0.29) is 11.8 Å². The first-order valence-electron chi connectivity index (χ1n) is 7.41. The van der Waals surface area contributed by atoms with Crippen molar-refractivity contribution in [2.45, 2.75) is 32.0 Å². The molecule has 4 aliphatic rings. The van der Waals surface area contributed by atoms with Gasteiger partial charge in [-0.25, -0.2) is 4.79 Å². The van der Waals surface area contributed by atoms with Crippen molar-refractivity contribution in [1.82, 2.24) is 0 Å². The molecule has 0 aromatic rings. The van der Waals surface area contributed by atoms with Crippen molar-refractivity contribution in [2.24, 2.45) is 23.7 Å². The lowest BCUT2D eigenvalue weighted by atomic mass is 9.62. The van der Waals surface area contributed by atoms with Crippen LogP contribution in [-0.4, -0.2) is 31.6 Å². The van der Waals surface area contributed by atoms with Gasteiger partial charge in [-0.1, -0.05) is 5.57 Å². The fourth-order valence-electron chi connectivity index (χ4n) is 4.97. The second-order valence-electron chi connectivity index (χ2n) is 6.07. The smallest absolute Gasteiger partial charge is 0.330 e. The monoisotopic (exact) mass is 264 g/mol. The lowest BCUT2D eigenvalue weighted by Gasteiger charge is -2.53. The van der Waals surface area contributed by atoms with Crippen molar-refractivity contribution >= 4 is 5.97 Å². The number of esters is 1. The summed E-state index contributed by atoms with van der Waals surface area (Å²) in [4.78, 5) is 11.7. The summed E-state index contributed by atoms with van der Waals surface area (Å²) in [5.74, 6) is 1.77. The van der Waals surface area contributed by atoms with Gasteiger partial charge >= 0.3 is 5.97 Å². The third-order valence-corrected chi connectivity index (χ3v) is 5.48. The van der Waals surface area contributed by atoms with E-state index in [2.05, 4.69) is 0 Å². The number of allylic oxidation sites excluding steroid dienone is 1. The maximum atomic E-state index is 11.7. The molecule has 1 spiro atoms. The summed E-state index contributed by atoms with van der Waals surface area (Å²) in [6.45, 7) is 3.73. The number of hydrogen-bond donors (Lipinski definition) is 0. The number of fused-ring (bicyclic) bond motifs is 2. The van der Waals surface area contributed by atoms with Crippen LogP contribution in [0.15, 0.2) is 11.6 Å². The van der Waals surface area contributed by atoms with Crippen molar-refractivity contribution in [3.63, 3.8) is 0 Å². The van der Waals surface area contributed by atoms with Gasteiger partial charge in [0.1, 0.15) is 0 Å². The van der Waals surface area contributed by atoms with E-state index in [9.17, 15) is 4.79 Å². The Morgan fingerprint density at radius 2 is 2.16 bits per heavy atom. The fourth-order valence-corrected chi connectivity index (χ4v) is 4.97. The quantitative estimate of drug-likeness (QED) is 0.564. The fraction of sp³-hybridized carbons (Fsp3) is 0.800.